The highest BCUT2D eigenvalue weighted by Gasteiger charge is 2.18. The van der Waals surface area contributed by atoms with Gasteiger partial charge >= 0.3 is 0 Å². The Morgan fingerprint density at radius 3 is 3.05 bits per heavy atom. The fraction of sp³-hybridized carbons (Fsp3) is 0.250. The van der Waals surface area contributed by atoms with E-state index in [0.29, 0.717) is 0 Å². The Hall–Kier alpha value is -1.98. The van der Waals surface area contributed by atoms with E-state index in [2.05, 4.69) is 16.4 Å². The van der Waals surface area contributed by atoms with Crippen molar-refractivity contribution < 1.29 is 4.74 Å². The van der Waals surface area contributed by atoms with Gasteiger partial charge in [0.2, 0.25) is 0 Å². The van der Waals surface area contributed by atoms with Gasteiger partial charge in [0.1, 0.15) is 22.4 Å². The van der Waals surface area contributed by atoms with Crippen LogP contribution in [0, 0.1) is 0 Å². The summed E-state index contributed by atoms with van der Waals surface area (Å²) in [6.45, 7) is 1.94. The minimum Gasteiger partial charge on any atom is -0.487 e. The van der Waals surface area contributed by atoms with Crippen molar-refractivity contribution in [2.75, 3.05) is 13.1 Å². The summed E-state index contributed by atoms with van der Waals surface area (Å²) in [6.07, 6.45) is 4.92. The molecule has 1 atom stereocenters. The third kappa shape index (κ3) is 2.50. The van der Waals surface area contributed by atoms with Gasteiger partial charge < -0.3 is 10.1 Å². The molecule has 4 rings (SSSR count). The van der Waals surface area contributed by atoms with Crippen LogP contribution in [-0.2, 0) is 0 Å². The number of fused-ring (bicyclic) bond motifs is 1. The van der Waals surface area contributed by atoms with E-state index in [9.17, 15) is 0 Å². The molecule has 1 aliphatic heterocycles. The summed E-state index contributed by atoms with van der Waals surface area (Å²) in [5.41, 5.74) is 2.00. The zero-order valence-corrected chi connectivity index (χ0v) is 12.3. The van der Waals surface area contributed by atoms with Crippen LogP contribution < -0.4 is 10.1 Å². The minimum absolute atomic E-state index is 0.249. The lowest BCUT2D eigenvalue weighted by molar-refractivity contribution is 0.225. The zero-order chi connectivity index (χ0) is 14.1. The first kappa shape index (κ1) is 12.7. The quantitative estimate of drug-likeness (QED) is 0.807. The second-order valence-electron chi connectivity index (χ2n) is 5.10. The zero-order valence-electron chi connectivity index (χ0n) is 11.5. The molecule has 0 spiro atoms. The van der Waals surface area contributed by atoms with Gasteiger partial charge in [0.05, 0.1) is 4.70 Å². The summed E-state index contributed by atoms with van der Waals surface area (Å²) in [4.78, 5) is 8.92. The maximum absolute atomic E-state index is 6.10. The molecule has 0 radical (unpaired) electrons. The lowest BCUT2D eigenvalue weighted by Gasteiger charge is -2.12. The summed E-state index contributed by atoms with van der Waals surface area (Å²) in [7, 11) is 0. The maximum Gasteiger partial charge on any atom is 0.146 e. The number of pyridine rings is 1. The predicted molar refractivity (Wildman–Crippen MR) is 84.8 cm³/mol. The molecular weight excluding hydrogens is 282 g/mol. The van der Waals surface area contributed by atoms with Crippen LogP contribution in [0.1, 0.15) is 6.42 Å². The van der Waals surface area contributed by atoms with Gasteiger partial charge in [0.25, 0.3) is 0 Å². The van der Waals surface area contributed by atoms with Crippen LogP contribution in [-0.4, -0.2) is 29.2 Å². The molecule has 0 saturated carbocycles. The molecule has 0 aliphatic carbocycles. The first-order valence-electron chi connectivity index (χ1n) is 7.07. The number of thiazole rings is 1. The van der Waals surface area contributed by atoms with E-state index in [-0.39, 0.29) is 6.10 Å². The van der Waals surface area contributed by atoms with Crippen molar-refractivity contribution in [3.05, 3.63) is 42.7 Å². The molecule has 5 heteroatoms. The molecule has 1 saturated heterocycles. The number of ether oxygens (including phenoxy) is 1. The van der Waals surface area contributed by atoms with Crippen molar-refractivity contribution in [3.63, 3.8) is 0 Å². The Labute approximate surface area is 126 Å². The van der Waals surface area contributed by atoms with Crippen LogP contribution in [0.15, 0.2) is 42.7 Å². The van der Waals surface area contributed by atoms with Crippen LogP contribution in [0.4, 0.5) is 0 Å². The Morgan fingerprint density at radius 2 is 2.24 bits per heavy atom. The van der Waals surface area contributed by atoms with Gasteiger partial charge in [0.15, 0.2) is 0 Å². The molecule has 0 amide bonds. The van der Waals surface area contributed by atoms with Gasteiger partial charge in [-0.3, -0.25) is 4.98 Å². The molecule has 3 aromatic rings. The van der Waals surface area contributed by atoms with E-state index in [4.69, 9.17) is 9.72 Å². The molecule has 1 aliphatic rings. The number of nitrogens with zero attached hydrogens (tertiary/aromatic N) is 2. The van der Waals surface area contributed by atoms with Crippen LogP contribution in [0.2, 0.25) is 0 Å². The number of hydrogen-bond donors (Lipinski definition) is 1. The third-order valence-electron chi connectivity index (χ3n) is 3.60. The minimum atomic E-state index is 0.249. The average Bonchev–Trinajstić information content (AvgIpc) is 3.17. The second-order valence-corrected chi connectivity index (χ2v) is 6.13. The van der Waals surface area contributed by atoms with Crippen molar-refractivity contribution in [2.24, 2.45) is 0 Å². The third-order valence-corrected chi connectivity index (χ3v) is 4.67. The summed E-state index contributed by atoms with van der Waals surface area (Å²) < 4.78 is 7.25. The lowest BCUT2D eigenvalue weighted by Crippen LogP contribution is -2.19. The smallest absolute Gasteiger partial charge is 0.146 e. The van der Waals surface area contributed by atoms with E-state index >= 15 is 0 Å². The number of nitrogens with one attached hydrogen (secondary N) is 1. The van der Waals surface area contributed by atoms with E-state index in [1.165, 1.54) is 0 Å². The van der Waals surface area contributed by atoms with Crippen molar-refractivity contribution in [1.29, 1.82) is 0 Å². The summed E-state index contributed by atoms with van der Waals surface area (Å²) >= 11 is 1.68. The molecule has 3 heterocycles. The van der Waals surface area contributed by atoms with Gasteiger partial charge in [-0.25, -0.2) is 4.98 Å². The Balaban J connectivity index is 1.73. The maximum atomic E-state index is 6.10. The highest BCUT2D eigenvalue weighted by atomic mass is 32.1. The number of para-hydroxylation sites is 1. The molecule has 106 valence electrons. The van der Waals surface area contributed by atoms with Crippen molar-refractivity contribution in [3.8, 4) is 16.3 Å². The summed E-state index contributed by atoms with van der Waals surface area (Å²) in [5.74, 6) is 0.882. The van der Waals surface area contributed by atoms with Crippen LogP contribution in [0.25, 0.3) is 20.8 Å². The molecule has 1 fully saturated rings. The molecule has 4 nitrogen and oxygen atoms in total. The monoisotopic (exact) mass is 297 g/mol. The van der Waals surface area contributed by atoms with Crippen molar-refractivity contribution in [2.45, 2.75) is 12.5 Å². The van der Waals surface area contributed by atoms with Crippen LogP contribution in [0.3, 0.4) is 0 Å². The Morgan fingerprint density at radius 1 is 1.24 bits per heavy atom. The lowest BCUT2D eigenvalue weighted by atomic mass is 10.2. The standard InChI is InChI=1S/C16H15N3OS/c1-4-13(20-12-6-8-18-10-12)15-14(5-1)21-16(19-15)11-3-2-7-17-9-11/h1-5,7,9,12,18H,6,8,10H2. The van der Waals surface area contributed by atoms with Crippen molar-refractivity contribution >= 4 is 21.6 Å². The summed E-state index contributed by atoms with van der Waals surface area (Å²) in [6, 6.07) is 10.1. The fourth-order valence-corrected chi connectivity index (χ4v) is 3.51. The second kappa shape index (κ2) is 5.42. The van der Waals surface area contributed by atoms with E-state index in [0.717, 1.165) is 46.0 Å². The SMILES string of the molecule is c1cncc(-c2nc3c(OC4CCNC4)cccc3s2)c1. The van der Waals surface area contributed by atoms with Crippen LogP contribution >= 0.6 is 11.3 Å². The normalized spacial score (nSPS) is 18.2. The number of benzene rings is 1. The number of rotatable bonds is 3. The highest BCUT2D eigenvalue weighted by molar-refractivity contribution is 7.21. The van der Waals surface area contributed by atoms with Gasteiger partial charge in [-0.15, -0.1) is 11.3 Å². The number of hydrogen-bond acceptors (Lipinski definition) is 5. The molecule has 1 N–H and O–H groups in total. The first-order chi connectivity index (χ1) is 10.4. The van der Waals surface area contributed by atoms with Gasteiger partial charge in [0, 0.05) is 24.5 Å². The van der Waals surface area contributed by atoms with Crippen molar-refractivity contribution in [1.82, 2.24) is 15.3 Å². The summed E-state index contributed by atoms with van der Waals surface area (Å²) in [5, 5.41) is 4.31. The van der Waals surface area contributed by atoms with Gasteiger partial charge in [-0.1, -0.05) is 6.07 Å². The predicted octanol–water partition coefficient (Wildman–Crippen LogP) is 3.10. The highest BCUT2D eigenvalue weighted by Crippen LogP contribution is 2.35. The van der Waals surface area contributed by atoms with Gasteiger partial charge in [-0.2, -0.15) is 0 Å². The van der Waals surface area contributed by atoms with Crippen LogP contribution in [0.5, 0.6) is 5.75 Å². The molecule has 2 aromatic heterocycles. The molecular formula is C16H15N3OS. The average molecular weight is 297 g/mol. The Bertz CT molecular complexity index is 751. The van der Waals surface area contributed by atoms with E-state index in [1.54, 1.807) is 17.5 Å². The first-order valence-corrected chi connectivity index (χ1v) is 7.89. The Kier molecular flexibility index (Phi) is 3.29. The molecule has 1 aromatic carbocycles. The molecule has 21 heavy (non-hydrogen) atoms. The fourth-order valence-electron chi connectivity index (χ4n) is 2.54. The van der Waals surface area contributed by atoms with Gasteiger partial charge in [-0.05, 0) is 37.2 Å². The molecule has 1 unspecified atom stereocenters. The van der Waals surface area contributed by atoms with E-state index in [1.807, 2.05) is 30.5 Å². The number of aromatic nitrogens is 2. The largest absolute Gasteiger partial charge is 0.487 e. The molecule has 0 bridgehead atoms. The van der Waals surface area contributed by atoms with E-state index < -0.39 is 0 Å². The topological polar surface area (TPSA) is 47.0 Å².